The van der Waals surface area contributed by atoms with Crippen molar-refractivity contribution >= 4 is 30.1 Å². The molecule has 2 aromatic rings. The van der Waals surface area contributed by atoms with Crippen molar-refractivity contribution in [3.63, 3.8) is 0 Å². The lowest BCUT2D eigenvalue weighted by Gasteiger charge is -2.26. The predicted molar refractivity (Wildman–Crippen MR) is 134 cm³/mol. The minimum absolute atomic E-state index is 0. The fourth-order valence-electron chi connectivity index (χ4n) is 3.33. The lowest BCUT2D eigenvalue weighted by Crippen LogP contribution is -2.56. The number of phenols is 1. The topological polar surface area (TPSA) is 134 Å². The summed E-state index contributed by atoms with van der Waals surface area (Å²) in [5, 5.41) is 18.0. The van der Waals surface area contributed by atoms with E-state index in [9.17, 15) is 19.5 Å². The van der Waals surface area contributed by atoms with Crippen molar-refractivity contribution in [2.45, 2.75) is 51.7 Å². The van der Waals surface area contributed by atoms with E-state index in [4.69, 9.17) is 5.73 Å². The molecule has 3 amide bonds. The highest BCUT2D eigenvalue weighted by molar-refractivity contribution is 5.92. The summed E-state index contributed by atoms with van der Waals surface area (Å²) in [6.07, 6.45) is 0.985. The Morgan fingerprint density at radius 1 is 0.941 bits per heavy atom. The Morgan fingerprint density at radius 3 is 2.18 bits per heavy atom. The zero-order valence-electron chi connectivity index (χ0n) is 19.6. The molecule has 34 heavy (non-hydrogen) atoms. The van der Waals surface area contributed by atoms with Crippen LogP contribution in [0.25, 0.3) is 0 Å². The van der Waals surface area contributed by atoms with Gasteiger partial charge in [-0.2, -0.15) is 0 Å². The molecule has 1 unspecified atom stereocenters. The van der Waals surface area contributed by atoms with E-state index in [1.54, 1.807) is 12.1 Å². The van der Waals surface area contributed by atoms with Gasteiger partial charge in [0, 0.05) is 25.9 Å². The zero-order valence-corrected chi connectivity index (χ0v) is 20.4. The Hall–Kier alpha value is -3.10. The summed E-state index contributed by atoms with van der Waals surface area (Å²) in [5.41, 5.74) is 7.18. The van der Waals surface area contributed by atoms with Crippen LogP contribution in [-0.2, 0) is 27.3 Å². The van der Waals surface area contributed by atoms with E-state index in [1.165, 1.54) is 12.1 Å². The first-order valence-electron chi connectivity index (χ1n) is 11.2. The van der Waals surface area contributed by atoms with Crippen LogP contribution in [0.4, 0.5) is 0 Å². The molecule has 9 heteroatoms. The van der Waals surface area contributed by atoms with Gasteiger partial charge in [-0.1, -0.05) is 62.7 Å². The maximum Gasteiger partial charge on any atom is 0.243 e. The smallest absolute Gasteiger partial charge is 0.243 e. The first-order chi connectivity index (χ1) is 15.8. The Bertz CT molecular complexity index is 909. The molecule has 0 aromatic heterocycles. The number of carbonyl (C=O) groups is 3. The van der Waals surface area contributed by atoms with Crippen LogP contribution in [0.1, 0.15) is 37.8 Å². The second-order valence-electron chi connectivity index (χ2n) is 8.10. The first kappa shape index (κ1) is 28.9. The predicted octanol–water partition coefficient (Wildman–Crippen LogP) is 2.04. The largest absolute Gasteiger partial charge is 0.508 e. The molecular formula is C25H35ClN4O4. The molecule has 0 spiro atoms. The highest BCUT2D eigenvalue weighted by atomic mass is 35.5. The quantitative estimate of drug-likeness (QED) is 0.310. The zero-order chi connectivity index (χ0) is 24.2. The average molecular weight is 491 g/mol. The van der Waals surface area contributed by atoms with Crippen LogP contribution in [0.3, 0.4) is 0 Å². The Labute approximate surface area is 207 Å². The fourth-order valence-corrected chi connectivity index (χ4v) is 3.33. The summed E-state index contributed by atoms with van der Waals surface area (Å²) >= 11 is 0. The molecule has 0 aliphatic carbocycles. The third-order valence-corrected chi connectivity index (χ3v) is 5.50. The van der Waals surface area contributed by atoms with Crippen LogP contribution in [0.5, 0.6) is 5.75 Å². The van der Waals surface area contributed by atoms with Crippen LogP contribution >= 0.6 is 12.4 Å². The second kappa shape index (κ2) is 14.9. The monoisotopic (exact) mass is 490 g/mol. The molecule has 0 bridgehead atoms. The lowest BCUT2D eigenvalue weighted by atomic mass is 9.97. The van der Waals surface area contributed by atoms with E-state index in [0.29, 0.717) is 13.0 Å². The van der Waals surface area contributed by atoms with E-state index < -0.39 is 18.0 Å². The lowest BCUT2D eigenvalue weighted by molar-refractivity contribution is -0.133. The summed E-state index contributed by atoms with van der Waals surface area (Å²) in [6.45, 7) is 4.36. The molecule has 0 aliphatic heterocycles. The molecule has 186 valence electrons. The summed E-state index contributed by atoms with van der Waals surface area (Å²) in [4.78, 5) is 38.3. The summed E-state index contributed by atoms with van der Waals surface area (Å²) in [7, 11) is 0. The third-order valence-electron chi connectivity index (χ3n) is 5.50. The Kier molecular flexibility index (Phi) is 12.7. The van der Waals surface area contributed by atoms with Crippen LogP contribution < -0.4 is 21.7 Å². The number of nitrogens with one attached hydrogen (secondary N) is 3. The maximum atomic E-state index is 13.2. The van der Waals surface area contributed by atoms with Crippen molar-refractivity contribution in [2.24, 2.45) is 11.7 Å². The average Bonchev–Trinajstić information content (AvgIpc) is 2.82. The van der Waals surface area contributed by atoms with Crippen LogP contribution in [-0.4, -0.2) is 41.5 Å². The molecule has 0 radical (unpaired) electrons. The second-order valence-corrected chi connectivity index (χ2v) is 8.10. The SMILES string of the molecule is CCC(C)[C@H](NC(=O)[C@H](Cc1ccc(O)cc1)NC(=O)CCN)C(=O)NCc1ccccc1.Cl. The molecule has 0 heterocycles. The highest BCUT2D eigenvalue weighted by Crippen LogP contribution is 2.13. The molecule has 2 aromatic carbocycles. The molecule has 2 rings (SSSR count). The highest BCUT2D eigenvalue weighted by Gasteiger charge is 2.29. The number of aromatic hydroxyl groups is 1. The molecule has 8 nitrogen and oxygen atoms in total. The minimum Gasteiger partial charge on any atom is -0.508 e. The first-order valence-corrected chi connectivity index (χ1v) is 11.2. The van der Waals surface area contributed by atoms with Gasteiger partial charge in [-0.3, -0.25) is 14.4 Å². The third kappa shape index (κ3) is 9.41. The fraction of sp³-hybridized carbons (Fsp3) is 0.400. The van der Waals surface area contributed by atoms with E-state index in [2.05, 4.69) is 16.0 Å². The molecular weight excluding hydrogens is 456 g/mol. The van der Waals surface area contributed by atoms with Crippen molar-refractivity contribution in [3.8, 4) is 5.75 Å². The van der Waals surface area contributed by atoms with Crippen LogP contribution in [0.2, 0.25) is 0 Å². The molecule has 0 saturated heterocycles. The number of carbonyl (C=O) groups excluding carboxylic acids is 3. The van der Waals surface area contributed by atoms with Gasteiger partial charge in [-0.25, -0.2) is 0 Å². The standard InChI is InChI=1S/C25H34N4O4.ClH/c1-3-17(2)23(25(33)27-16-19-7-5-4-6-8-19)29-24(32)21(28-22(31)13-14-26)15-18-9-11-20(30)12-10-18;/h4-12,17,21,23,30H,3,13-16,26H2,1-2H3,(H,27,33)(H,28,31)(H,29,32);1H/t17?,21-,23-;/m0./s1. The van der Waals surface area contributed by atoms with Gasteiger partial charge in [-0.15, -0.1) is 12.4 Å². The van der Waals surface area contributed by atoms with Gasteiger partial charge in [-0.05, 0) is 29.2 Å². The van der Waals surface area contributed by atoms with Crippen molar-refractivity contribution in [1.82, 2.24) is 16.0 Å². The summed E-state index contributed by atoms with van der Waals surface area (Å²) < 4.78 is 0. The van der Waals surface area contributed by atoms with Crippen LogP contribution in [0, 0.1) is 5.92 Å². The molecule has 0 aliphatic rings. The van der Waals surface area contributed by atoms with Crippen molar-refractivity contribution in [3.05, 3.63) is 65.7 Å². The number of benzene rings is 2. The summed E-state index contributed by atoms with van der Waals surface area (Å²) in [5.74, 6) is -1.07. The molecule has 6 N–H and O–H groups in total. The van der Waals surface area contributed by atoms with Gasteiger partial charge >= 0.3 is 0 Å². The molecule has 0 saturated carbocycles. The van der Waals surface area contributed by atoms with Gasteiger partial charge in [0.25, 0.3) is 0 Å². The molecule has 3 atom stereocenters. The summed E-state index contributed by atoms with van der Waals surface area (Å²) in [6, 6.07) is 14.3. The Balaban J connectivity index is 0.00000578. The number of phenolic OH excluding ortho intramolecular Hbond substituents is 1. The number of amides is 3. The van der Waals surface area contributed by atoms with Crippen molar-refractivity contribution in [1.29, 1.82) is 0 Å². The van der Waals surface area contributed by atoms with E-state index >= 15 is 0 Å². The van der Waals surface area contributed by atoms with Crippen molar-refractivity contribution < 1.29 is 19.5 Å². The van der Waals surface area contributed by atoms with Gasteiger partial charge in [0.05, 0.1) is 0 Å². The van der Waals surface area contributed by atoms with Gasteiger partial charge in [0.2, 0.25) is 17.7 Å². The number of hydrogen-bond donors (Lipinski definition) is 5. The maximum absolute atomic E-state index is 13.2. The van der Waals surface area contributed by atoms with Gasteiger partial charge in [0.1, 0.15) is 17.8 Å². The number of rotatable bonds is 12. The van der Waals surface area contributed by atoms with Gasteiger partial charge < -0.3 is 26.8 Å². The number of nitrogens with two attached hydrogens (primary N) is 1. The van der Waals surface area contributed by atoms with E-state index in [0.717, 1.165) is 11.1 Å². The normalized spacial score (nSPS) is 13.0. The minimum atomic E-state index is -0.887. The molecule has 0 fully saturated rings. The van der Waals surface area contributed by atoms with Gasteiger partial charge in [0.15, 0.2) is 0 Å². The van der Waals surface area contributed by atoms with Crippen LogP contribution in [0.15, 0.2) is 54.6 Å². The number of halogens is 1. The van der Waals surface area contributed by atoms with E-state index in [-0.39, 0.29) is 55.3 Å². The van der Waals surface area contributed by atoms with E-state index in [1.807, 2.05) is 44.2 Å². The number of hydrogen-bond acceptors (Lipinski definition) is 5. The Morgan fingerprint density at radius 2 is 1.59 bits per heavy atom. The van der Waals surface area contributed by atoms with Crippen molar-refractivity contribution in [2.75, 3.05) is 6.54 Å².